The zero-order chi connectivity index (χ0) is 15.4. The number of halogens is 1. The van der Waals surface area contributed by atoms with Crippen molar-refractivity contribution in [2.75, 3.05) is 16.4 Å². The highest BCUT2D eigenvalue weighted by molar-refractivity contribution is 6.08. The number of carbonyl (C=O) groups is 2. The van der Waals surface area contributed by atoms with E-state index in [1.807, 2.05) is 0 Å². The molecule has 0 bridgehead atoms. The second kappa shape index (κ2) is 6.04. The number of amides is 2. The molecule has 0 unspecified atom stereocenters. The molecule has 5 nitrogen and oxygen atoms in total. The van der Waals surface area contributed by atoms with E-state index in [0.717, 1.165) is 6.07 Å². The Hall–Kier alpha value is -2.89. The first-order valence-electron chi connectivity index (χ1n) is 6.20. The number of carbonyl (C=O) groups excluding carboxylic acids is 2. The van der Waals surface area contributed by atoms with Crippen LogP contribution in [0.25, 0.3) is 0 Å². The first kappa shape index (κ1) is 14.5. The number of rotatable bonds is 3. The van der Waals surface area contributed by atoms with E-state index in [-0.39, 0.29) is 5.69 Å². The molecule has 4 N–H and O–H groups in total. The summed E-state index contributed by atoms with van der Waals surface area (Å²) in [6.07, 6.45) is 0. The molecule has 0 heterocycles. The zero-order valence-electron chi connectivity index (χ0n) is 11.3. The molecular formula is C15H14FN3O2. The van der Waals surface area contributed by atoms with Crippen molar-refractivity contribution in [2.24, 2.45) is 0 Å². The summed E-state index contributed by atoms with van der Waals surface area (Å²) in [4.78, 5) is 23.1. The van der Waals surface area contributed by atoms with Crippen LogP contribution in [0.2, 0.25) is 0 Å². The summed E-state index contributed by atoms with van der Waals surface area (Å²) in [5.74, 6) is -1.39. The molecular weight excluding hydrogens is 273 g/mol. The highest BCUT2D eigenvalue weighted by Crippen LogP contribution is 2.21. The lowest BCUT2D eigenvalue weighted by Crippen LogP contribution is -2.14. The molecule has 2 rings (SSSR count). The number of nitrogens with one attached hydrogen (secondary N) is 2. The standard InChI is InChI=1S/C15H14FN3O2/c1-9(20)18-14-8-10(6-7-12(14)16)19-15(21)11-4-2-3-5-13(11)17/h2-8H,17H2,1H3,(H,18,20)(H,19,21). The van der Waals surface area contributed by atoms with Gasteiger partial charge in [-0.05, 0) is 30.3 Å². The number of benzene rings is 2. The average Bonchev–Trinajstić information content (AvgIpc) is 2.42. The number of para-hydroxylation sites is 1. The predicted octanol–water partition coefficient (Wildman–Crippen LogP) is 2.62. The summed E-state index contributed by atoms with van der Waals surface area (Å²) in [5.41, 5.74) is 6.74. The Balaban J connectivity index is 2.22. The fourth-order valence-corrected chi connectivity index (χ4v) is 1.79. The smallest absolute Gasteiger partial charge is 0.257 e. The maximum Gasteiger partial charge on any atom is 0.257 e. The SMILES string of the molecule is CC(=O)Nc1cc(NC(=O)c2ccccc2N)ccc1F. The summed E-state index contributed by atoms with van der Waals surface area (Å²) in [6, 6.07) is 10.5. The third kappa shape index (κ3) is 3.56. The van der Waals surface area contributed by atoms with Crippen molar-refractivity contribution >= 4 is 28.9 Å². The lowest BCUT2D eigenvalue weighted by atomic mass is 10.1. The lowest BCUT2D eigenvalue weighted by Gasteiger charge is -2.10. The molecule has 6 heteroatoms. The van der Waals surface area contributed by atoms with Crippen molar-refractivity contribution in [3.8, 4) is 0 Å². The number of nitrogen functional groups attached to an aromatic ring is 1. The van der Waals surface area contributed by atoms with E-state index < -0.39 is 17.6 Å². The zero-order valence-corrected chi connectivity index (χ0v) is 11.3. The van der Waals surface area contributed by atoms with E-state index in [0.29, 0.717) is 16.9 Å². The molecule has 21 heavy (non-hydrogen) atoms. The quantitative estimate of drug-likeness (QED) is 0.759. The molecule has 108 valence electrons. The molecule has 0 spiro atoms. The minimum absolute atomic E-state index is 0.00123. The van der Waals surface area contributed by atoms with Crippen LogP contribution in [-0.4, -0.2) is 11.8 Å². The first-order chi connectivity index (χ1) is 9.97. The molecule has 0 aliphatic heterocycles. The Labute approximate surface area is 121 Å². The van der Waals surface area contributed by atoms with Gasteiger partial charge in [-0.3, -0.25) is 9.59 Å². The Morgan fingerprint density at radius 1 is 1.10 bits per heavy atom. The Morgan fingerprint density at radius 3 is 2.48 bits per heavy atom. The van der Waals surface area contributed by atoms with E-state index in [1.165, 1.54) is 19.1 Å². The summed E-state index contributed by atoms with van der Waals surface area (Å²) < 4.78 is 13.5. The van der Waals surface area contributed by atoms with Gasteiger partial charge in [0.15, 0.2) is 0 Å². The number of hydrogen-bond acceptors (Lipinski definition) is 3. The van der Waals surface area contributed by atoms with Crippen molar-refractivity contribution in [3.05, 3.63) is 53.8 Å². The molecule has 0 fully saturated rings. The highest BCUT2D eigenvalue weighted by Gasteiger charge is 2.11. The van der Waals surface area contributed by atoms with Crippen LogP contribution in [0.4, 0.5) is 21.5 Å². The Morgan fingerprint density at radius 2 is 1.81 bits per heavy atom. The van der Waals surface area contributed by atoms with Gasteiger partial charge in [0, 0.05) is 18.3 Å². The molecule has 2 aromatic rings. The molecule has 0 saturated heterocycles. The van der Waals surface area contributed by atoms with Gasteiger partial charge in [-0.2, -0.15) is 0 Å². The third-order valence-corrected chi connectivity index (χ3v) is 2.74. The van der Waals surface area contributed by atoms with Gasteiger partial charge in [0.1, 0.15) is 5.82 Å². The largest absolute Gasteiger partial charge is 0.398 e. The topological polar surface area (TPSA) is 84.2 Å². The Kier molecular flexibility index (Phi) is 4.18. The summed E-state index contributed by atoms with van der Waals surface area (Å²) >= 11 is 0. The van der Waals surface area contributed by atoms with E-state index in [1.54, 1.807) is 24.3 Å². The van der Waals surface area contributed by atoms with E-state index in [4.69, 9.17) is 5.73 Å². The predicted molar refractivity (Wildman–Crippen MR) is 79.5 cm³/mol. The van der Waals surface area contributed by atoms with Gasteiger partial charge < -0.3 is 16.4 Å². The van der Waals surface area contributed by atoms with Crippen LogP contribution in [0.5, 0.6) is 0 Å². The van der Waals surface area contributed by atoms with E-state index in [9.17, 15) is 14.0 Å². The first-order valence-corrected chi connectivity index (χ1v) is 6.20. The van der Waals surface area contributed by atoms with Crippen molar-refractivity contribution in [3.63, 3.8) is 0 Å². The molecule has 0 aliphatic carbocycles. The number of nitrogens with two attached hydrogens (primary N) is 1. The third-order valence-electron chi connectivity index (χ3n) is 2.74. The van der Waals surface area contributed by atoms with Crippen molar-refractivity contribution < 1.29 is 14.0 Å². The van der Waals surface area contributed by atoms with Gasteiger partial charge in [-0.15, -0.1) is 0 Å². The van der Waals surface area contributed by atoms with Crippen LogP contribution < -0.4 is 16.4 Å². The van der Waals surface area contributed by atoms with Gasteiger partial charge >= 0.3 is 0 Å². The maximum atomic E-state index is 13.5. The van der Waals surface area contributed by atoms with E-state index in [2.05, 4.69) is 10.6 Å². The summed E-state index contributed by atoms with van der Waals surface area (Å²) in [7, 11) is 0. The number of anilines is 3. The average molecular weight is 287 g/mol. The van der Waals surface area contributed by atoms with Crippen molar-refractivity contribution in [1.29, 1.82) is 0 Å². The van der Waals surface area contributed by atoms with Crippen LogP contribution in [0.15, 0.2) is 42.5 Å². The van der Waals surface area contributed by atoms with Gasteiger partial charge in [-0.25, -0.2) is 4.39 Å². The summed E-state index contributed by atoms with van der Waals surface area (Å²) in [6.45, 7) is 1.27. The van der Waals surface area contributed by atoms with Crippen LogP contribution in [0.3, 0.4) is 0 Å². The summed E-state index contributed by atoms with van der Waals surface area (Å²) in [5, 5.41) is 4.95. The van der Waals surface area contributed by atoms with Crippen LogP contribution in [-0.2, 0) is 4.79 Å². The van der Waals surface area contributed by atoms with Crippen LogP contribution in [0.1, 0.15) is 17.3 Å². The lowest BCUT2D eigenvalue weighted by molar-refractivity contribution is -0.114. The molecule has 0 aromatic heterocycles. The van der Waals surface area contributed by atoms with Crippen LogP contribution in [0, 0.1) is 5.82 Å². The van der Waals surface area contributed by atoms with Crippen LogP contribution >= 0.6 is 0 Å². The molecule has 0 aliphatic rings. The van der Waals surface area contributed by atoms with Gasteiger partial charge in [0.25, 0.3) is 5.91 Å². The highest BCUT2D eigenvalue weighted by atomic mass is 19.1. The molecule has 2 aromatic carbocycles. The van der Waals surface area contributed by atoms with Crippen molar-refractivity contribution in [2.45, 2.75) is 6.92 Å². The second-order valence-electron chi connectivity index (χ2n) is 4.42. The fourth-order valence-electron chi connectivity index (χ4n) is 1.79. The fraction of sp³-hybridized carbons (Fsp3) is 0.0667. The van der Waals surface area contributed by atoms with E-state index >= 15 is 0 Å². The Bertz CT molecular complexity index is 701. The molecule has 0 radical (unpaired) electrons. The second-order valence-corrected chi connectivity index (χ2v) is 4.42. The molecule has 2 amide bonds. The molecule has 0 atom stereocenters. The normalized spacial score (nSPS) is 10.0. The molecule has 0 saturated carbocycles. The van der Waals surface area contributed by atoms with Gasteiger partial charge in [-0.1, -0.05) is 12.1 Å². The minimum Gasteiger partial charge on any atom is -0.398 e. The van der Waals surface area contributed by atoms with Gasteiger partial charge in [0.2, 0.25) is 5.91 Å². The van der Waals surface area contributed by atoms with Gasteiger partial charge in [0.05, 0.1) is 11.3 Å². The maximum absolute atomic E-state index is 13.5. The monoisotopic (exact) mass is 287 g/mol. The van der Waals surface area contributed by atoms with Crippen molar-refractivity contribution in [1.82, 2.24) is 0 Å². The number of hydrogen-bond donors (Lipinski definition) is 3. The minimum atomic E-state index is -0.581.